The smallest absolute Gasteiger partial charge is 0.293 e. The molecule has 1 aliphatic heterocycles. The molecule has 7 heteroatoms. The van der Waals surface area contributed by atoms with Crippen LogP contribution in [0.3, 0.4) is 0 Å². The fraction of sp³-hybridized carbons (Fsp3) is 0.200. The van der Waals surface area contributed by atoms with Crippen molar-refractivity contribution >= 4 is 44.9 Å². The molecule has 0 spiro atoms. The number of thioether (sulfide) groups is 1. The van der Waals surface area contributed by atoms with Crippen LogP contribution >= 0.6 is 27.7 Å². The molecule has 2 aromatic rings. The third-order valence-corrected chi connectivity index (χ3v) is 5.63. The number of methoxy groups -OCH3 is 1. The van der Waals surface area contributed by atoms with Gasteiger partial charge in [-0.1, -0.05) is 40.2 Å². The summed E-state index contributed by atoms with van der Waals surface area (Å²) in [5.41, 5.74) is 1.64. The predicted octanol–water partition coefficient (Wildman–Crippen LogP) is 5.09. The van der Waals surface area contributed by atoms with E-state index < -0.39 is 0 Å². The fourth-order valence-electron chi connectivity index (χ4n) is 2.63. The van der Waals surface area contributed by atoms with Gasteiger partial charge >= 0.3 is 0 Å². The second-order valence-corrected chi connectivity index (χ2v) is 7.55. The van der Waals surface area contributed by atoms with E-state index >= 15 is 0 Å². The molecule has 1 saturated heterocycles. The van der Waals surface area contributed by atoms with Crippen LogP contribution in [0, 0.1) is 0 Å². The van der Waals surface area contributed by atoms with Crippen molar-refractivity contribution in [3.05, 3.63) is 63.0 Å². The molecular formula is C20H18BrNO4S. The molecule has 2 amide bonds. The van der Waals surface area contributed by atoms with Gasteiger partial charge in [-0.25, -0.2) is 0 Å². The van der Waals surface area contributed by atoms with Crippen molar-refractivity contribution in [1.82, 2.24) is 4.90 Å². The number of hydrogen-bond donors (Lipinski definition) is 0. The van der Waals surface area contributed by atoms with Gasteiger partial charge in [0.1, 0.15) is 0 Å². The number of ether oxygens (including phenoxy) is 2. The molecule has 1 aliphatic rings. The minimum atomic E-state index is -0.298. The first-order chi connectivity index (χ1) is 13.0. The zero-order chi connectivity index (χ0) is 19.4. The maximum absolute atomic E-state index is 12.7. The summed E-state index contributed by atoms with van der Waals surface area (Å²) in [5, 5.41) is -0.278. The van der Waals surface area contributed by atoms with Crippen molar-refractivity contribution in [2.45, 2.75) is 13.5 Å². The molecule has 27 heavy (non-hydrogen) atoms. The van der Waals surface area contributed by atoms with Gasteiger partial charge in [-0.15, -0.1) is 0 Å². The Morgan fingerprint density at radius 1 is 1.15 bits per heavy atom. The fourth-order valence-corrected chi connectivity index (χ4v) is 3.88. The number of halogens is 1. The Kier molecular flexibility index (Phi) is 6.23. The van der Waals surface area contributed by atoms with Crippen LogP contribution in [0.2, 0.25) is 0 Å². The van der Waals surface area contributed by atoms with Gasteiger partial charge in [-0.2, -0.15) is 0 Å². The topological polar surface area (TPSA) is 55.8 Å². The molecule has 0 radical (unpaired) electrons. The quantitative estimate of drug-likeness (QED) is 0.576. The van der Waals surface area contributed by atoms with E-state index in [9.17, 15) is 9.59 Å². The van der Waals surface area contributed by atoms with E-state index in [1.54, 1.807) is 25.3 Å². The highest BCUT2D eigenvalue weighted by molar-refractivity contribution is 9.10. The Morgan fingerprint density at radius 3 is 2.63 bits per heavy atom. The summed E-state index contributed by atoms with van der Waals surface area (Å²) < 4.78 is 11.7. The lowest BCUT2D eigenvalue weighted by Gasteiger charge is -2.13. The van der Waals surface area contributed by atoms with E-state index in [2.05, 4.69) is 15.9 Å². The molecule has 0 bridgehead atoms. The van der Waals surface area contributed by atoms with Gasteiger partial charge in [0.15, 0.2) is 11.5 Å². The van der Waals surface area contributed by atoms with Gasteiger partial charge in [0, 0.05) is 4.47 Å². The van der Waals surface area contributed by atoms with Gasteiger partial charge in [0.05, 0.1) is 25.2 Å². The largest absolute Gasteiger partial charge is 0.493 e. The van der Waals surface area contributed by atoms with Gasteiger partial charge in [0.2, 0.25) is 0 Å². The summed E-state index contributed by atoms with van der Waals surface area (Å²) in [6, 6.07) is 12.9. The third kappa shape index (κ3) is 4.36. The van der Waals surface area contributed by atoms with Crippen LogP contribution in [0.5, 0.6) is 11.5 Å². The van der Waals surface area contributed by atoms with Crippen LogP contribution in [0.25, 0.3) is 6.08 Å². The second kappa shape index (κ2) is 8.63. The number of carbonyl (C=O) groups is 2. The lowest BCUT2D eigenvalue weighted by atomic mass is 10.1. The molecule has 0 atom stereocenters. The Labute approximate surface area is 170 Å². The second-order valence-electron chi connectivity index (χ2n) is 5.70. The minimum absolute atomic E-state index is 0.232. The first kappa shape index (κ1) is 19.5. The Bertz CT molecular complexity index is 913. The maximum Gasteiger partial charge on any atom is 0.293 e. The highest BCUT2D eigenvalue weighted by atomic mass is 79.9. The van der Waals surface area contributed by atoms with E-state index in [1.807, 2.05) is 37.3 Å². The molecule has 0 N–H and O–H groups in total. The average molecular weight is 448 g/mol. The van der Waals surface area contributed by atoms with Gasteiger partial charge in [0.25, 0.3) is 11.1 Å². The predicted molar refractivity (Wildman–Crippen MR) is 110 cm³/mol. The molecule has 0 aliphatic carbocycles. The van der Waals surface area contributed by atoms with Crippen molar-refractivity contribution in [3.63, 3.8) is 0 Å². The number of nitrogens with zero attached hydrogens (tertiary/aromatic N) is 1. The highest BCUT2D eigenvalue weighted by Crippen LogP contribution is 2.35. The van der Waals surface area contributed by atoms with Crippen LogP contribution in [0.4, 0.5) is 4.79 Å². The van der Waals surface area contributed by atoms with Crippen molar-refractivity contribution in [2.75, 3.05) is 13.7 Å². The molecule has 0 unspecified atom stereocenters. The summed E-state index contributed by atoms with van der Waals surface area (Å²) in [4.78, 5) is 26.7. The van der Waals surface area contributed by atoms with Crippen molar-refractivity contribution in [2.24, 2.45) is 0 Å². The number of amides is 2. The van der Waals surface area contributed by atoms with E-state index in [0.717, 1.165) is 27.4 Å². The number of carbonyl (C=O) groups excluding carboxylic acids is 2. The van der Waals surface area contributed by atoms with Crippen LogP contribution in [-0.2, 0) is 11.3 Å². The van der Waals surface area contributed by atoms with Gasteiger partial charge < -0.3 is 9.47 Å². The number of imide groups is 1. The van der Waals surface area contributed by atoms with Crippen LogP contribution in [0.1, 0.15) is 18.1 Å². The van der Waals surface area contributed by atoms with Crippen LogP contribution in [0.15, 0.2) is 51.8 Å². The first-order valence-corrected chi connectivity index (χ1v) is 9.94. The molecule has 1 fully saturated rings. The molecule has 0 aromatic heterocycles. The average Bonchev–Trinajstić information content (AvgIpc) is 2.92. The molecule has 2 aromatic carbocycles. The van der Waals surface area contributed by atoms with Gasteiger partial charge in [-0.05, 0) is 54.1 Å². The number of benzene rings is 2. The highest BCUT2D eigenvalue weighted by Gasteiger charge is 2.35. The molecule has 140 valence electrons. The molecule has 3 rings (SSSR count). The van der Waals surface area contributed by atoms with Gasteiger partial charge in [-0.3, -0.25) is 14.5 Å². The standard InChI is InChI=1S/C20H18BrNO4S/c1-3-26-16-9-8-13(10-17(16)25-2)11-18-19(23)22(20(24)27-18)12-14-6-4-5-7-15(14)21/h4-11H,3,12H2,1-2H3/b18-11+. The van der Waals surface area contributed by atoms with Crippen LogP contribution < -0.4 is 9.47 Å². The molecular weight excluding hydrogens is 430 g/mol. The van der Waals surface area contributed by atoms with Crippen molar-refractivity contribution in [3.8, 4) is 11.5 Å². The Morgan fingerprint density at radius 2 is 1.93 bits per heavy atom. The first-order valence-electron chi connectivity index (χ1n) is 8.33. The van der Waals surface area contributed by atoms with Crippen LogP contribution in [-0.4, -0.2) is 29.8 Å². The number of hydrogen-bond acceptors (Lipinski definition) is 5. The summed E-state index contributed by atoms with van der Waals surface area (Å²) in [6.45, 7) is 2.66. The Hall–Kier alpha value is -2.25. The summed E-state index contributed by atoms with van der Waals surface area (Å²) in [7, 11) is 1.56. The van der Waals surface area contributed by atoms with E-state index in [1.165, 1.54) is 4.90 Å². The zero-order valence-electron chi connectivity index (χ0n) is 14.9. The summed E-state index contributed by atoms with van der Waals surface area (Å²) >= 11 is 4.39. The lowest BCUT2D eigenvalue weighted by Crippen LogP contribution is -2.27. The third-order valence-electron chi connectivity index (χ3n) is 3.95. The summed E-state index contributed by atoms with van der Waals surface area (Å²) in [5.74, 6) is 0.922. The summed E-state index contributed by atoms with van der Waals surface area (Å²) in [6.07, 6.45) is 1.70. The zero-order valence-corrected chi connectivity index (χ0v) is 17.3. The minimum Gasteiger partial charge on any atom is -0.493 e. The van der Waals surface area contributed by atoms with E-state index in [-0.39, 0.29) is 17.7 Å². The SMILES string of the molecule is CCOc1ccc(/C=C2/SC(=O)N(Cc3ccccc3Br)C2=O)cc1OC. The maximum atomic E-state index is 12.7. The van der Waals surface area contributed by atoms with Crippen molar-refractivity contribution < 1.29 is 19.1 Å². The number of rotatable bonds is 6. The lowest BCUT2D eigenvalue weighted by molar-refractivity contribution is -0.123. The molecule has 5 nitrogen and oxygen atoms in total. The normalized spacial score (nSPS) is 15.5. The van der Waals surface area contributed by atoms with E-state index in [4.69, 9.17) is 9.47 Å². The molecule has 1 heterocycles. The van der Waals surface area contributed by atoms with E-state index in [0.29, 0.717) is 23.0 Å². The monoisotopic (exact) mass is 447 g/mol. The molecule has 0 saturated carbocycles. The van der Waals surface area contributed by atoms with Crippen molar-refractivity contribution in [1.29, 1.82) is 0 Å². The Balaban J connectivity index is 1.83.